The van der Waals surface area contributed by atoms with Crippen LogP contribution in [0, 0.1) is 10.5 Å². The van der Waals surface area contributed by atoms with Gasteiger partial charge in [0.05, 0.1) is 5.69 Å². The zero-order valence-corrected chi connectivity index (χ0v) is 13.6. The first-order valence-electron chi connectivity index (χ1n) is 6.54. The molecular weight excluding hydrogens is 375 g/mol. The fourth-order valence-corrected chi connectivity index (χ4v) is 2.56. The molecule has 0 unspecified atom stereocenters. The lowest BCUT2D eigenvalue weighted by Gasteiger charge is -2.09. The summed E-state index contributed by atoms with van der Waals surface area (Å²) in [6.45, 7) is 2.06. The number of hydrogen-bond acceptors (Lipinski definition) is 3. The van der Waals surface area contributed by atoms with Crippen molar-refractivity contribution in [2.24, 2.45) is 0 Å². The lowest BCUT2D eigenvalue weighted by atomic mass is 10.1. The number of aromatic nitrogens is 2. The number of rotatable bonds is 3. The second-order valence-corrected chi connectivity index (χ2v) is 5.83. The number of hydrogen-bond donors (Lipinski definition) is 0. The van der Waals surface area contributed by atoms with Gasteiger partial charge >= 0.3 is 0 Å². The lowest BCUT2D eigenvalue weighted by Crippen LogP contribution is -1.91. The third-order valence-corrected chi connectivity index (χ3v) is 3.98. The molecule has 0 fully saturated rings. The monoisotopic (exact) mass is 388 g/mol. The summed E-state index contributed by atoms with van der Waals surface area (Å²) in [6, 6.07) is 17.8. The molecule has 0 saturated heterocycles. The van der Waals surface area contributed by atoms with Crippen molar-refractivity contribution in [3.63, 3.8) is 0 Å². The normalized spacial score (nSPS) is 10.4. The molecule has 0 radical (unpaired) electrons. The Hall–Kier alpha value is -1.95. The Bertz CT molecular complexity index is 742. The van der Waals surface area contributed by atoms with Gasteiger partial charge in [0.2, 0.25) is 0 Å². The summed E-state index contributed by atoms with van der Waals surface area (Å²) >= 11 is 2.29. The van der Waals surface area contributed by atoms with Crippen LogP contribution in [0.3, 0.4) is 0 Å². The molecule has 0 aliphatic heterocycles. The van der Waals surface area contributed by atoms with Crippen LogP contribution in [0.15, 0.2) is 60.8 Å². The average Bonchev–Trinajstić information content (AvgIpc) is 2.52. The number of halogens is 1. The molecule has 3 rings (SSSR count). The molecule has 104 valence electrons. The highest BCUT2D eigenvalue weighted by atomic mass is 127. The van der Waals surface area contributed by atoms with Gasteiger partial charge in [0.15, 0.2) is 0 Å². The summed E-state index contributed by atoms with van der Waals surface area (Å²) in [7, 11) is 0. The summed E-state index contributed by atoms with van der Waals surface area (Å²) < 4.78 is 7.01. The van der Waals surface area contributed by atoms with Gasteiger partial charge in [-0.1, -0.05) is 17.7 Å². The maximum absolute atomic E-state index is 5.90. The molecule has 0 bridgehead atoms. The molecule has 0 N–H and O–H groups in total. The minimum Gasteiger partial charge on any atom is -0.457 e. The van der Waals surface area contributed by atoms with Crippen LogP contribution in [0.25, 0.3) is 11.3 Å². The molecule has 2 aromatic carbocycles. The van der Waals surface area contributed by atoms with E-state index < -0.39 is 0 Å². The SMILES string of the molecule is Cc1ccc(Oc2ccc(I)c(-c3cccnn3)c2)cc1. The molecule has 0 aliphatic rings. The van der Waals surface area contributed by atoms with E-state index in [1.807, 2.05) is 54.6 Å². The quantitative estimate of drug-likeness (QED) is 0.602. The van der Waals surface area contributed by atoms with Crippen LogP contribution < -0.4 is 4.74 Å². The predicted octanol–water partition coefficient (Wildman–Crippen LogP) is 4.85. The molecule has 3 nitrogen and oxygen atoms in total. The Morgan fingerprint density at radius 2 is 1.71 bits per heavy atom. The molecule has 0 spiro atoms. The minimum absolute atomic E-state index is 0.792. The van der Waals surface area contributed by atoms with Crippen LogP contribution in [-0.2, 0) is 0 Å². The van der Waals surface area contributed by atoms with Crippen LogP contribution in [0.2, 0.25) is 0 Å². The highest BCUT2D eigenvalue weighted by Gasteiger charge is 2.07. The van der Waals surface area contributed by atoms with Gasteiger partial charge in [-0.3, -0.25) is 0 Å². The molecule has 1 aromatic heterocycles. The van der Waals surface area contributed by atoms with Crippen LogP contribution in [0.4, 0.5) is 0 Å². The van der Waals surface area contributed by atoms with Gasteiger partial charge in [-0.25, -0.2) is 0 Å². The maximum Gasteiger partial charge on any atom is 0.128 e. The van der Waals surface area contributed by atoms with E-state index in [4.69, 9.17) is 4.74 Å². The predicted molar refractivity (Wildman–Crippen MR) is 91.4 cm³/mol. The Balaban J connectivity index is 1.92. The Kier molecular flexibility index (Phi) is 4.15. The average molecular weight is 388 g/mol. The van der Waals surface area contributed by atoms with E-state index in [0.717, 1.165) is 26.3 Å². The topological polar surface area (TPSA) is 35.0 Å². The molecular formula is C17H13IN2O. The van der Waals surface area contributed by atoms with Crippen molar-refractivity contribution >= 4 is 22.6 Å². The van der Waals surface area contributed by atoms with Gasteiger partial charge in [0, 0.05) is 15.3 Å². The smallest absolute Gasteiger partial charge is 0.128 e. The summed E-state index contributed by atoms with van der Waals surface area (Å²) in [5, 5.41) is 8.09. The first-order valence-corrected chi connectivity index (χ1v) is 7.62. The van der Waals surface area contributed by atoms with Crippen molar-refractivity contribution in [2.75, 3.05) is 0 Å². The van der Waals surface area contributed by atoms with Gasteiger partial charge in [-0.15, -0.1) is 0 Å². The molecule has 0 aliphatic carbocycles. The Morgan fingerprint density at radius 1 is 0.952 bits per heavy atom. The van der Waals surface area contributed by atoms with Gasteiger partial charge in [-0.05, 0) is 72.0 Å². The van der Waals surface area contributed by atoms with Crippen LogP contribution >= 0.6 is 22.6 Å². The van der Waals surface area contributed by atoms with E-state index >= 15 is 0 Å². The van der Waals surface area contributed by atoms with Crippen LogP contribution in [0.1, 0.15) is 5.56 Å². The van der Waals surface area contributed by atoms with Gasteiger partial charge in [0.1, 0.15) is 11.5 Å². The van der Waals surface area contributed by atoms with Crippen molar-refractivity contribution in [3.05, 3.63) is 69.9 Å². The van der Waals surface area contributed by atoms with E-state index in [-0.39, 0.29) is 0 Å². The molecule has 0 amide bonds. The van der Waals surface area contributed by atoms with Crippen LogP contribution in [0.5, 0.6) is 11.5 Å². The molecule has 0 saturated carbocycles. The van der Waals surface area contributed by atoms with Crippen molar-refractivity contribution in [1.82, 2.24) is 10.2 Å². The second kappa shape index (κ2) is 6.22. The first kappa shape index (κ1) is 14.0. The highest BCUT2D eigenvalue weighted by Crippen LogP contribution is 2.30. The van der Waals surface area contributed by atoms with Crippen molar-refractivity contribution in [2.45, 2.75) is 6.92 Å². The zero-order valence-electron chi connectivity index (χ0n) is 11.5. The number of benzene rings is 2. The summed E-state index contributed by atoms with van der Waals surface area (Å²) in [5.41, 5.74) is 3.08. The summed E-state index contributed by atoms with van der Waals surface area (Å²) in [6.07, 6.45) is 1.67. The van der Waals surface area contributed by atoms with Crippen molar-refractivity contribution in [3.8, 4) is 22.8 Å². The number of ether oxygens (including phenoxy) is 1. The van der Waals surface area contributed by atoms with E-state index in [0.29, 0.717) is 0 Å². The van der Waals surface area contributed by atoms with Crippen molar-refractivity contribution < 1.29 is 4.74 Å². The largest absolute Gasteiger partial charge is 0.457 e. The zero-order chi connectivity index (χ0) is 14.7. The summed E-state index contributed by atoms with van der Waals surface area (Å²) in [5.74, 6) is 1.62. The fourth-order valence-electron chi connectivity index (χ4n) is 1.95. The van der Waals surface area contributed by atoms with Gasteiger partial charge in [0.25, 0.3) is 0 Å². The number of aryl methyl sites for hydroxylation is 1. The van der Waals surface area contributed by atoms with E-state index in [1.54, 1.807) is 6.20 Å². The Labute approximate surface area is 137 Å². The third-order valence-electron chi connectivity index (χ3n) is 3.04. The van der Waals surface area contributed by atoms with Gasteiger partial charge in [-0.2, -0.15) is 10.2 Å². The van der Waals surface area contributed by atoms with E-state index in [2.05, 4.69) is 39.7 Å². The van der Waals surface area contributed by atoms with Crippen molar-refractivity contribution in [1.29, 1.82) is 0 Å². The highest BCUT2D eigenvalue weighted by molar-refractivity contribution is 14.1. The molecule has 1 heterocycles. The Morgan fingerprint density at radius 3 is 2.43 bits per heavy atom. The minimum atomic E-state index is 0.792. The fraction of sp³-hybridized carbons (Fsp3) is 0.0588. The standard InChI is InChI=1S/C17H13IN2O/c1-12-4-6-13(7-5-12)21-14-8-9-16(18)15(11-14)17-3-2-10-19-20-17/h2-11H,1H3. The molecule has 4 heteroatoms. The molecule has 3 aromatic rings. The number of nitrogens with zero attached hydrogens (tertiary/aromatic N) is 2. The van der Waals surface area contributed by atoms with Gasteiger partial charge < -0.3 is 4.74 Å². The molecule has 0 atom stereocenters. The lowest BCUT2D eigenvalue weighted by molar-refractivity contribution is 0.482. The third kappa shape index (κ3) is 3.39. The second-order valence-electron chi connectivity index (χ2n) is 4.67. The summed E-state index contributed by atoms with van der Waals surface area (Å²) in [4.78, 5) is 0. The van der Waals surface area contributed by atoms with Crippen LogP contribution in [-0.4, -0.2) is 10.2 Å². The molecule has 21 heavy (non-hydrogen) atoms. The first-order chi connectivity index (χ1) is 10.2. The maximum atomic E-state index is 5.90. The van der Waals surface area contributed by atoms with E-state index in [1.165, 1.54) is 5.56 Å². The van der Waals surface area contributed by atoms with E-state index in [9.17, 15) is 0 Å².